The van der Waals surface area contributed by atoms with Crippen LogP contribution in [0.5, 0.6) is 0 Å². The van der Waals surface area contributed by atoms with E-state index in [-0.39, 0.29) is 0 Å². The van der Waals surface area contributed by atoms with Crippen molar-refractivity contribution >= 4 is 27.4 Å². The van der Waals surface area contributed by atoms with Crippen LogP contribution in [-0.2, 0) is 0 Å². The summed E-state index contributed by atoms with van der Waals surface area (Å²) in [4.78, 5) is 11.1. The summed E-state index contributed by atoms with van der Waals surface area (Å²) in [5.41, 5.74) is 3.33. The smallest absolute Gasteiger partial charge is 0.150 e. The minimum absolute atomic E-state index is 0.733. The molecule has 0 N–H and O–H groups in total. The highest BCUT2D eigenvalue weighted by atomic mass is 32.1. The van der Waals surface area contributed by atoms with E-state index in [1.54, 1.807) is 17.7 Å². The molecule has 0 bridgehead atoms. The lowest BCUT2D eigenvalue weighted by atomic mass is 10.1. The molecular weight excluding hydrogens is 290 g/mol. The molecule has 2 heterocycles. The normalized spacial score (nSPS) is 10.5. The second-order valence-corrected chi connectivity index (χ2v) is 5.75. The Labute approximate surface area is 134 Å². The van der Waals surface area contributed by atoms with Crippen molar-refractivity contribution in [2.75, 3.05) is 18.0 Å². The molecule has 3 aromatic rings. The summed E-state index contributed by atoms with van der Waals surface area (Å²) >= 11 is 1.68. The standard InChI is InChI=1S/C18H17N3S/c1-3-10-21(11-4-2)18-17-16(19-13-20-18)15(12-22-17)14-8-6-5-7-9-14/h3-9,12-13H,1-2,10-11H2. The SMILES string of the molecule is C=CCN(CC=C)c1ncnc2c(-c3ccccc3)csc12. The largest absolute Gasteiger partial charge is 0.348 e. The van der Waals surface area contributed by atoms with Crippen LogP contribution in [-0.4, -0.2) is 23.1 Å². The zero-order valence-corrected chi connectivity index (χ0v) is 13.1. The number of hydrogen-bond donors (Lipinski definition) is 0. The van der Waals surface area contributed by atoms with E-state index in [2.05, 4.69) is 45.5 Å². The number of fused-ring (bicyclic) bond motifs is 1. The van der Waals surface area contributed by atoms with Crippen LogP contribution in [0.25, 0.3) is 21.3 Å². The second-order valence-electron chi connectivity index (χ2n) is 4.87. The van der Waals surface area contributed by atoms with Crippen LogP contribution in [0.2, 0.25) is 0 Å². The van der Waals surface area contributed by atoms with E-state index >= 15 is 0 Å². The molecule has 0 saturated heterocycles. The Balaban J connectivity index is 2.12. The zero-order valence-electron chi connectivity index (χ0n) is 12.3. The molecule has 2 aromatic heterocycles. The lowest BCUT2D eigenvalue weighted by Crippen LogP contribution is -2.24. The van der Waals surface area contributed by atoms with E-state index < -0.39 is 0 Å². The van der Waals surface area contributed by atoms with E-state index in [4.69, 9.17) is 0 Å². The third-order valence-electron chi connectivity index (χ3n) is 3.42. The van der Waals surface area contributed by atoms with Gasteiger partial charge in [0, 0.05) is 24.0 Å². The van der Waals surface area contributed by atoms with Gasteiger partial charge in [0.2, 0.25) is 0 Å². The second kappa shape index (κ2) is 6.54. The molecule has 1 aromatic carbocycles. The Morgan fingerprint density at radius 1 is 1.05 bits per heavy atom. The average molecular weight is 307 g/mol. The van der Waals surface area contributed by atoms with E-state index in [1.165, 1.54) is 5.56 Å². The van der Waals surface area contributed by atoms with Gasteiger partial charge in [-0.15, -0.1) is 24.5 Å². The number of thiophene rings is 1. The van der Waals surface area contributed by atoms with Gasteiger partial charge in [0.15, 0.2) is 5.82 Å². The maximum atomic E-state index is 4.50. The van der Waals surface area contributed by atoms with Gasteiger partial charge >= 0.3 is 0 Å². The molecule has 3 rings (SSSR count). The minimum Gasteiger partial charge on any atom is -0.348 e. The van der Waals surface area contributed by atoms with Gasteiger partial charge in [-0.2, -0.15) is 0 Å². The van der Waals surface area contributed by atoms with Crippen molar-refractivity contribution in [1.82, 2.24) is 9.97 Å². The van der Waals surface area contributed by atoms with Gasteiger partial charge in [-0.1, -0.05) is 42.5 Å². The van der Waals surface area contributed by atoms with Crippen molar-refractivity contribution in [2.45, 2.75) is 0 Å². The fourth-order valence-electron chi connectivity index (χ4n) is 2.45. The van der Waals surface area contributed by atoms with E-state index in [0.717, 1.165) is 34.7 Å². The highest BCUT2D eigenvalue weighted by Crippen LogP contribution is 2.36. The van der Waals surface area contributed by atoms with Gasteiger partial charge in [0.25, 0.3) is 0 Å². The Hall–Kier alpha value is -2.46. The number of anilines is 1. The average Bonchev–Trinajstić information content (AvgIpc) is 2.99. The van der Waals surface area contributed by atoms with E-state index in [0.29, 0.717) is 0 Å². The summed E-state index contributed by atoms with van der Waals surface area (Å²) in [5.74, 6) is 0.942. The van der Waals surface area contributed by atoms with Gasteiger partial charge in [0.05, 0.1) is 10.2 Å². The molecule has 0 radical (unpaired) electrons. The van der Waals surface area contributed by atoms with Crippen molar-refractivity contribution in [1.29, 1.82) is 0 Å². The van der Waals surface area contributed by atoms with Crippen LogP contribution < -0.4 is 4.90 Å². The number of aromatic nitrogens is 2. The van der Waals surface area contributed by atoms with Crippen LogP contribution >= 0.6 is 11.3 Å². The molecule has 0 aliphatic carbocycles. The lowest BCUT2D eigenvalue weighted by molar-refractivity contribution is 0.930. The van der Waals surface area contributed by atoms with Crippen molar-refractivity contribution < 1.29 is 0 Å². The Morgan fingerprint density at radius 3 is 2.45 bits per heavy atom. The lowest BCUT2D eigenvalue weighted by Gasteiger charge is -2.20. The highest BCUT2D eigenvalue weighted by Gasteiger charge is 2.15. The molecule has 0 aliphatic rings. The summed E-state index contributed by atoms with van der Waals surface area (Å²) < 4.78 is 1.10. The van der Waals surface area contributed by atoms with Crippen LogP contribution in [0.15, 0.2) is 67.3 Å². The zero-order chi connectivity index (χ0) is 15.4. The molecule has 0 amide bonds. The van der Waals surface area contributed by atoms with Crippen molar-refractivity contribution in [2.24, 2.45) is 0 Å². The molecule has 0 saturated carbocycles. The fourth-order valence-corrected chi connectivity index (χ4v) is 3.49. The molecule has 110 valence electrons. The molecule has 0 fully saturated rings. The number of nitrogens with zero attached hydrogens (tertiary/aromatic N) is 3. The fraction of sp³-hybridized carbons (Fsp3) is 0.111. The molecule has 0 aliphatic heterocycles. The third kappa shape index (κ3) is 2.65. The molecule has 4 heteroatoms. The topological polar surface area (TPSA) is 29.0 Å². The van der Waals surface area contributed by atoms with Gasteiger partial charge in [-0.05, 0) is 5.56 Å². The molecule has 0 spiro atoms. The maximum absolute atomic E-state index is 4.50. The molecule has 0 atom stereocenters. The van der Waals surface area contributed by atoms with Crippen LogP contribution in [0.1, 0.15) is 0 Å². The molecular formula is C18H17N3S. The predicted molar refractivity (Wildman–Crippen MR) is 95.5 cm³/mol. The van der Waals surface area contributed by atoms with Gasteiger partial charge in [-0.3, -0.25) is 0 Å². The summed E-state index contributed by atoms with van der Waals surface area (Å²) in [7, 11) is 0. The van der Waals surface area contributed by atoms with E-state index in [1.807, 2.05) is 30.4 Å². The summed E-state index contributed by atoms with van der Waals surface area (Å²) in [5, 5.41) is 2.15. The van der Waals surface area contributed by atoms with Gasteiger partial charge < -0.3 is 4.90 Å². The van der Waals surface area contributed by atoms with Crippen molar-refractivity contribution in [3.63, 3.8) is 0 Å². The Bertz CT molecular complexity index is 782. The predicted octanol–water partition coefficient (Wildman–Crippen LogP) is 4.54. The summed E-state index contributed by atoms with van der Waals surface area (Å²) in [6.45, 7) is 9.12. The first-order valence-corrected chi connectivity index (χ1v) is 7.97. The molecule has 3 nitrogen and oxygen atoms in total. The van der Waals surface area contributed by atoms with Gasteiger partial charge in [0.1, 0.15) is 6.33 Å². The third-order valence-corrected chi connectivity index (χ3v) is 4.38. The first-order valence-electron chi connectivity index (χ1n) is 7.09. The Kier molecular flexibility index (Phi) is 4.30. The van der Waals surface area contributed by atoms with Crippen molar-refractivity contribution in [3.8, 4) is 11.1 Å². The first-order chi connectivity index (χ1) is 10.8. The van der Waals surface area contributed by atoms with Crippen LogP contribution in [0.4, 0.5) is 5.82 Å². The maximum Gasteiger partial charge on any atom is 0.150 e. The summed E-state index contributed by atoms with van der Waals surface area (Å²) in [6, 6.07) is 10.3. The van der Waals surface area contributed by atoms with Gasteiger partial charge in [-0.25, -0.2) is 9.97 Å². The number of benzene rings is 1. The van der Waals surface area contributed by atoms with Crippen LogP contribution in [0, 0.1) is 0 Å². The van der Waals surface area contributed by atoms with Crippen molar-refractivity contribution in [3.05, 3.63) is 67.3 Å². The first kappa shape index (κ1) is 14.5. The van der Waals surface area contributed by atoms with E-state index in [9.17, 15) is 0 Å². The van der Waals surface area contributed by atoms with Crippen LogP contribution in [0.3, 0.4) is 0 Å². The summed E-state index contributed by atoms with van der Waals surface area (Å²) in [6.07, 6.45) is 5.39. The number of rotatable bonds is 6. The monoisotopic (exact) mass is 307 g/mol. The highest BCUT2D eigenvalue weighted by molar-refractivity contribution is 7.18. The molecule has 22 heavy (non-hydrogen) atoms. The minimum atomic E-state index is 0.733. The number of hydrogen-bond acceptors (Lipinski definition) is 4. The Morgan fingerprint density at radius 2 is 1.77 bits per heavy atom. The quantitative estimate of drug-likeness (QED) is 0.626. The molecule has 0 unspecified atom stereocenters.